The van der Waals surface area contributed by atoms with E-state index in [-0.39, 0.29) is 6.04 Å². The third-order valence-electron chi connectivity index (χ3n) is 1.66. The molecule has 11 heavy (non-hydrogen) atoms. The van der Waals surface area contributed by atoms with Crippen LogP contribution in [0.1, 0.15) is 19.0 Å². The van der Waals surface area contributed by atoms with Crippen molar-refractivity contribution in [3.05, 3.63) is 11.9 Å². The first-order valence-corrected chi connectivity index (χ1v) is 3.79. The summed E-state index contributed by atoms with van der Waals surface area (Å²) in [6, 6.07) is 0.255. The number of nitrogens with two attached hydrogens (primary N) is 1. The number of rotatable bonds is 3. The van der Waals surface area contributed by atoms with Gasteiger partial charge >= 0.3 is 0 Å². The first-order valence-electron chi connectivity index (χ1n) is 3.79. The fourth-order valence-corrected chi connectivity index (χ4v) is 0.913. The molecule has 1 heterocycles. The second kappa shape index (κ2) is 3.48. The molecule has 2 N–H and O–H groups in total. The summed E-state index contributed by atoms with van der Waals surface area (Å²) in [6.07, 6.45) is 3.73. The third-order valence-corrected chi connectivity index (χ3v) is 1.66. The van der Waals surface area contributed by atoms with Gasteiger partial charge in [-0.3, -0.25) is 4.68 Å². The van der Waals surface area contributed by atoms with E-state index in [2.05, 4.69) is 10.3 Å². The summed E-state index contributed by atoms with van der Waals surface area (Å²) in [5.74, 6) is 0. The summed E-state index contributed by atoms with van der Waals surface area (Å²) < 4.78 is 1.78. The molecule has 0 amide bonds. The molecule has 4 nitrogen and oxygen atoms in total. The van der Waals surface area contributed by atoms with Crippen LogP contribution in [0.4, 0.5) is 0 Å². The molecule has 0 radical (unpaired) electrons. The van der Waals surface area contributed by atoms with Gasteiger partial charge in [0.2, 0.25) is 0 Å². The normalized spacial score (nSPS) is 13.4. The van der Waals surface area contributed by atoms with E-state index in [1.807, 2.05) is 14.0 Å². The SMILES string of the molecule is CC(N)CCc1cnnn1C. The van der Waals surface area contributed by atoms with E-state index in [4.69, 9.17) is 5.73 Å². The number of aryl methyl sites for hydroxylation is 2. The van der Waals surface area contributed by atoms with E-state index in [1.165, 1.54) is 0 Å². The fraction of sp³-hybridized carbons (Fsp3) is 0.714. The maximum atomic E-state index is 5.61. The predicted octanol–water partition coefficient (Wildman–Crippen LogP) is 0.0949. The lowest BCUT2D eigenvalue weighted by molar-refractivity contribution is 0.617. The van der Waals surface area contributed by atoms with Gasteiger partial charge in [-0.2, -0.15) is 0 Å². The minimum Gasteiger partial charge on any atom is -0.328 e. The Morgan fingerprint density at radius 2 is 2.45 bits per heavy atom. The first-order chi connectivity index (χ1) is 5.20. The standard InChI is InChI=1S/C7H14N4/c1-6(8)3-4-7-5-9-10-11(7)2/h5-6H,3-4,8H2,1-2H3. The Morgan fingerprint density at radius 1 is 1.73 bits per heavy atom. The van der Waals surface area contributed by atoms with E-state index in [0.717, 1.165) is 18.5 Å². The van der Waals surface area contributed by atoms with Gasteiger partial charge in [0.1, 0.15) is 0 Å². The van der Waals surface area contributed by atoms with Crippen LogP contribution in [0.15, 0.2) is 6.20 Å². The first kappa shape index (κ1) is 8.20. The van der Waals surface area contributed by atoms with E-state index in [1.54, 1.807) is 10.9 Å². The summed E-state index contributed by atoms with van der Waals surface area (Å²) in [4.78, 5) is 0. The third kappa shape index (κ3) is 2.31. The van der Waals surface area contributed by atoms with E-state index in [0.29, 0.717) is 0 Å². The van der Waals surface area contributed by atoms with Crippen molar-refractivity contribution in [2.75, 3.05) is 0 Å². The van der Waals surface area contributed by atoms with Gasteiger partial charge in [-0.1, -0.05) is 5.21 Å². The Kier molecular flexibility index (Phi) is 2.59. The summed E-state index contributed by atoms with van der Waals surface area (Å²) in [5, 5.41) is 7.59. The lowest BCUT2D eigenvalue weighted by atomic mass is 10.1. The molecule has 1 aromatic rings. The van der Waals surface area contributed by atoms with Crippen molar-refractivity contribution in [1.82, 2.24) is 15.0 Å². The number of nitrogens with zero attached hydrogens (tertiary/aromatic N) is 3. The monoisotopic (exact) mass is 154 g/mol. The van der Waals surface area contributed by atoms with Crippen LogP contribution >= 0.6 is 0 Å². The zero-order valence-corrected chi connectivity index (χ0v) is 6.99. The van der Waals surface area contributed by atoms with Crippen LogP contribution in [-0.4, -0.2) is 21.0 Å². The summed E-state index contributed by atoms with van der Waals surface area (Å²) in [7, 11) is 1.89. The fourth-order valence-electron chi connectivity index (χ4n) is 0.913. The van der Waals surface area contributed by atoms with Crippen LogP contribution in [0.2, 0.25) is 0 Å². The highest BCUT2D eigenvalue weighted by Crippen LogP contribution is 1.99. The zero-order valence-electron chi connectivity index (χ0n) is 6.99. The van der Waals surface area contributed by atoms with Crippen molar-refractivity contribution < 1.29 is 0 Å². The lowest BCUT2D eigenvalue weighted by Gasteiger charge is -2.03. The molecule has 1 rings (SSSR count). The average molecular weight is 154 g/mol. The van der Waals surface area contributed by atoms with Crippen LogP contribution < -0.4 is 5.73 Å². The predicted molar refractivity (Wildman–Crippen MR) is 43.0 cm³/mol. The molecular formula is C7H14N4. The highest BCUT2D eigenvalue weighted by Gasteiger charge is 2.00. The van der Waals surface area contributed by atoms with Gasteiger partial charge in [0.15, 0.2) is 0 Å². The second-order valence-electron chi connectivity index (χ2n) is 2.86. The molecule has 62 valence electrons. The van der Waals surface area contributed by atoms with Gasteiger partial charge in [-0.25, -0.2) is 0 Å². The number of hydrogen-bond donors (Lipinski definition) is 1. The van der Waals surface area contributed by atoms with Gasteiger partial charge in [0, 0.05) is 13.1 Å². The number of aromatic nitrogens is 3. The van der Waals surface area contributed by atoms with Crippen molar-refractivity contribution in [3.8, 4) is 0 Å². The van der Waals surface area contributed by atoms with Crippen molar-refractivity contribution in [3.63, 3.8) is 0 Å². The van der Waals surface area contributed by atoms with Crippen LogP contribution in [0.3, 0.4) is 0 Å². The molecule has 0 aliphatic carbocycles. The molecule has 4 heteroatoms. The summed E-state index contributed by atoms with van der Waals surface area (Å²) in [6.45, 7) is 2.00. The highest BCUT2D eigenvalue weighted by molar-refractivity contribution is 4.93. The Balaban J connectivity index is 2.44. The van der Waals surface area contributed by atoms with Gasteiger partial charge < -0.3 is 5.73 Å². The Bertz CT molecular complexity index is 216. The molecule has 0 aliphatic rings. The zero-order chi connectivity index (χ0) is 8.27. The van der Waals surface area contributed by atoms with Crippen molar-refractivity contribution in [1.29, 1.82) is 0 Å². The van der Waals surface area contributed by atoms with Crippen LogP contribution in [0.25, 0.3) is 0 Å². The molecule has 1 unspecified atom stereocenters. The molecule has 1 aromatic heterocycles. The lowest BCUT2D eigenvalue weighted by Crippen LogP contribution is -2.16. The molecule has 0 aliphatic heterocycles. The highest BCUT2D eigenvalue weighted by atomic mass is 15.4. The number of hydrogen-bond acceptors (Lipinski definition) is 3. The van der Waals surface area contributed by atoms with Gasteiger partial charge in [-0.15, -0.1) is 5.10 Å². The van der Waals surface area contributed by atoms with Gasteiger partial charge in [-0.05, 0) is 19.8 Å². The van der Waals surface area contributed by atoms with Crippen LogP contribution in [-0.2, 0) is 13.5 Å². The molecule has 0 saturated carbocycles. The molecule has 0 spiro atoms. The van der Waals surface area contributed by atoms with E-state index < -0.39 is 0 Å². The summed E-state index contributed by atoms with van der Waals surface area (Å²) in [5.41, 5.74) is 6.75. The molecule has 0 bridgehead atoms. The second-order valence-corrected chi connectivity index (χ2v) is 2.86. The van der Waals surface area contributed by atoms with Gasteiger partial charge in [0.05, 0.1) is 11.9 Å². The topological polar surface area (TPSA) is 56.7 Å². The average Bonchev–Trinajstić information content (AvgIpc) is 2.31. The van der Waals surface area contributed by atoms with E-state index >= 15 is 0 Å². The smallest absolute Gasteiger partial charge is 0.0724 e. The maximum Gasteiger partial charge on any atom is 0.0724 e. The Hall–Kier alpha value is -0.900. The Labute approximate surface area is 66.4 Å². The van der Waals surface area contributed by atoms with Crippen LogP contribution in [0.5, 0.6) is 0 Å². The molecular weight excluding hydrogens is 140 g/mol. The van der Waals surface area contributed by atoms with Crippen molar-refractivity contribution >= 4 is 0 Å². The van der Waals surface area contributed by atoms with Crippen molar-refractivity contribution in [2.45, 2.75) is 25.8 Å². The maximum absolute atomic E-state index is 5.61. The quantitative estimate of drug-likeness (QED) is 0.671. The largest absolute Gasteiger partial charge is 0.328 e. The van der Waals surface area contributed by atoms with E-state index in [9.17, 15) is 0 Å². The minimum atomic E-state index is 0.255. The van der Waals surface area contributed by atoms with Crippen molar-refractivity contribution in [2.24, 2.45) is 12.8 Å². The molecule has 0 fully saturated rings. The summed E-state index contributed by atoms with van der Waals surface area (Å²) >= 11 is 0. The minimum absolute atomic E-state index is 0.255. The molecule has 1 atom stereocenters. The molecule has 0 aromatic carbocycles. The van der Waals surface area contributed by atoms with Crippen LogP contribution in [0, 0.1) is 0 Å². The molecule has 0 saturated heterocycles. The Morgan fingerprint density at radius 3 is 2.91 bits per heavy atom. The van der Waals surface area contributed by atoms with Gasteiger partial charge in [0.25, 0.3) is 0 Å².